The Morgan fingerprint density at radius 2 is 2.35 bits per heavy atom. The number of rotatable bonds is 2. The average Bonchev–Trinajstić information content (AvgIpc) is 2.67. The molecule has 0 aliphatic heterocycles. The Balaban J connectivity index is 2.54. The van der Waals surface area contributed by atoms with Crippen molar-refractivity contribution in [3.05, 3.63) is 28.7 Å². The van der Waals surface area contributed by atoms with Crippen molar-refractivity contribution in [1.29, 1.82) is 0 Å². The second kappa shape index (κ2) is 4.44. The highest BCUT2D eigenvalue weighted by atomic mass is 16.5. The normalized spacial score (nSPS) is 13.2. The minimum Gasteiger partial charge on any atom is -0.460 e. The Kier molecular flexibility index (Phi) is 2.98. The van der Waals surface area contributed by atoms with Crippen LogP contribution in [0.25, 0.3) is 11.6 Å². The highest BCUT2D eigenvalue weighted by molar-refractivity contribution is 5.97. The molecule has 88 valence electrons. The Morgan fingerprint density at radius 1 is 1.59 bits per heavy atom. The number of furan rings is 1. The summed E-state index contributed by atoms with van der Waals surface area (Å²) in [6, 6.07) is 0. The molecule has 4 heteroatoms. The number of esters is 1. The van der Waals surface area contributed by atoms with Crippen LogP contribution in [0, 0.1) is 6.92 Å². The van der Waals surface area contributed by atoms with E-state index in [2.05, 4.69) is 0 Å². The minimum absolute atomic E-state index is 0.163. The minimum atomic E-state index is -0.502. The summed E-state index contributed by atoms with van der Waals surface area (Å²) >= 11 is 0. The predicted molar refractivity (Wildman–Crippen MR) is 62.2 cm³/mol. The molecule has 0 unspecified atom stereocenters. The van der Waals surface area contributed by atoms with Gasteiger partial charge in [-0.2, -0.15) is 0 Å². The van der Waals surface area contributed by atoms with Gasteiger partial charge in [-0.3, -0.25) is 0 Å². The Bertz CT molecular complexity index is 542. The molecule has 0 saturated heterocycles. The standard InChI is InChI=1S/C13H12O4/c1-3-16-13(15)12-8(2)11-9(7-14)5-4-6-10(11)17-12/h4,6H,3,5H2,1-2H3. The molecule has 1 aromatic rings. The van der Waals surface area contributed by atoms with E-state index in [0.717, 1.165) is 0 Å². The monoisotopic (exact) mass is 232 g/mol. The molecule has 0 saturated carbocycles. The van der Waals surface area contributed by atoms with E-state index in [0.29, 0.717) is 28.9 Å². The van der Waals surface area contributed by atoms with Crippen molar-refractivity contribution in [2.45, 2.75) is 20.3 Å². The molecule has 0 radical (unpaired) electrons. The van der Waals surface area contributed by atoms with Crippen LogP contribution in [0.2, 0.25) is 0 Å². The van der Waals surface area contributed by atoms with Gasteiger partial charge in [0, 0.05) is 17.5 Å². The maximum atomic E-state index is 11.6. The van der Waals surface area contributed by atoms with Gasteiger partial charge in [0.1, 0.15) is 11.7 Å². The zero-order chi connectivity index (χ0) is 12.4. The predicted octanol–water partition coefficient (Wildman–Crippen LogP) is 2.40. The van der Waals surface area contributed by atoms with Crippen LogP contribution < -0.4 is 0 Å². The van der Waals surface area contributed by atoms with Crippen LogP contribution in [0.1, 0.15) is 40.8 Å². The number of hydrogen-bond donors (Lipinski definition) is 0. The molecular formula is C13H12O4. The Morgan fingerprint density at radius 3 is 3.00 bits per heavy atom. The van der Waals surface area contributed by atoms with Crippen molar-refractivity contribution in [3.63, 3.8) is 0 Å². The fourth-order valence-corrected chi connectivity index (χ4v) is 1.90. The summed E-state index contributed by atoms with van der Waals surface area (Å²) in [6.07, 6.45) is 4.07. The van der Waals surface area contributed by atoms with Crippen molar-refractivity contribution >= 4 is 23.6 Å². The molecule has 1 aromatic heterocycles. The maximum absolute atomic E-state index is 11.6. The molecule has 4 nitrogen and oxygen atoms in total. The summed E-state index contributed by atoms with van der Waals surface area (Å²) in [5, 5.41) is 0. The molecule has 0 aromatic carbocycles. The quantitative estimate of drug-likeness (QED) is 0.580. The zero-order valence-electron chi connectivity index (χ0n) is 9.70. The van der Waals surface area contributed by atoms with E-state index in [1.807, 2.05) is 5.94 Å². The van der Waals surface area contributed by atoms with Crippen molar-refractivity contribution < 1.29 is 18.7 Å². The van der Waals surface area contributed by atoms with Gasteiger partial charge in [-0.05, 0) is 19.9 Å². The number of ether oxygens (including phenoxy) is 1. The topological polar surface area (TPSA) is 56.5 Å². The lowest BCUT2D eigenvalue weighted by Gasteiger charge is -2.04. The van der Waals surface area contributed by atoms with Crippen molar-refractivity contribution in [1.82, 2.24) is 0 Å². The molecular weight excluding hydrogens is 220 g/mol. The van der Waals surface area contributed by atoms with Gasteiger partial charge in [0.2, 0.25) is 5.76 Å². The van der Waals surface area contributed by atoms with E-state index >= 15 is 0 Å². The third kappa shape index (κ3) is 1.83. The van der Waals surface area contributed by atoms with E-state index in [1.165, 1.54) is 0 Å². The van der Waals surface area contributed by atoms with Crippen LogP contribution in [-0.4, -0.2) is 18.5 Å². The second-order valence-corrected chi connectivity index (χ2v) is 3.70. The zero-order valence-corrected chi connectivity index (χ0v) is 9.70. The first kappa shape index (κ1) is 11.4. The molecule has 17 heavy (non-hydrogen) atoms. The number of carbonyl (C=O) groups is 1. The molecule has 2 rings (SSSR count). The van der Waals surface area contributed by atoms with Crippen LogP contribution in [-0.2, 0) is 9.53 Å². The molecule has 0 atom stereocenters. The van der Waals surface area contributed by atoms with Gasteiger partial charge < -0.3 is 9.15 Å². The molecule has 0 N–H and O–H groups in total. The Hall–Kier alpha value is -2.06. The SMILES string of the molecule is CCOC(=O)c1oc2c(c1C)C(=C=O)CC=C2. The van der Waals surface area contributed by atoms with Crippen molar-refractivity contribution in [3.8, 4) is 0 Å². The average molecular weight is 232 g/mol. The Labute approximate surface area is 98.6 Å². The van der Waals surface area contributed by atoms with Gasteiger partial charge in [0.15, 0.2) is 0 Å². The highest BCUT2D eigenvalue weighted by Crippen LogP contribution is 2.34. The van der Waals surface area contributed by atoms with E-state index in [1.54, 1.807) is 26.0 Å². The molecule has 0 bridgehead atoms. The van der Waals surface area contributed by atoms with Gasteiger partial charge >= 0.3 is 5.97 Å². The van der Waals surface area contributed by atoms with Crippen molar-refractivity contribution in [2.75, 3.05) is 6.61 Å². The van der Waals surface area contributed by atoms with Crippen LogP contribution >= 0.6 is 0 Å². The van der Waals surface area contributed by atoms with Crippen LogP contribution in [0.3, 0.4) is 0 Å². The lowest BCUT2D eigenvalue weighted by atomic mass is 9.95. The number of carbonyl (C=O) groups excluding carboxylic acids is 2. The van der Waals surface area contributed by atoms with Crippen LogP contribution in [0.4, 0.5) is 0 Å². The summed E-state index contributed by atoms with van der Waals surface area (Å²) < 4.78 is 10.3. The first-order valence-corrected chi connectivity index (χ1v) is 5.40. The summed E-state index contributed by atoms with van der Waals surface area (Å²) in [6.45, 7) is 3.76. The number of hydrogen-bond acceptors (Lipinski definition) is 4. The van der Waals surface area contributed by atoms with E-state index in [9.17, 15) is 9.59 Å². The molecule has 1 heterocycles. The van der Waals surface area contributed by atoms with Crippen LogP contribution in [0.15, 0.2) is 10.5 Å². The third-order valence-corrected chi connectivity index (χ3v) is 2.65. The second-order valence-electron chi connectivity index (χ2n) is 3.70. The molecule has 1 aliphatic rings. The van der Waals surface area contributed by atoms with Gasteiger partial charge in [-0.15, -0.1) is 0 Å². The lowest BCUT2D eigenvalue weighted by Crippen LogP contribution is -2.05. The largest absolute Gasteiger partial charge is 0.460 e. The van der Waals surface area contributed by atoms with E-state index in [-0.39, 0.29) is 12.4 Å². The van der Waals surface area contributed by atoms with Gasteiger partial charge in [-0.25, -0.2) is 9.59 Å². The molecule has 1 aliphatic carbocycles. The van der Waals surface area contributed by atoms with E-state index < -0.39 is 5.97 Å². The van der Waals surface area contributed by atoms with Gasteiger partial charge in [0.05, 0.1) is 12.2 Å². The maximum Gasteiger partial charge on any atom is 0.374 e. The van der Waals surface area contributed by atoms with Crippen molar-refractivity contribution in [2.24, 2.45) is 0 Å². The van der Waals surface area contributed by atoms with Gasteiger partial charge in [0.25, 0.3) is 0 Å². The fourth-order valence-electron chi connectivity index (χ4n) is 1.90. The van der Waals surface area contributed by atoms with Gasteiger partial charge in [-0.1, -0.05) is 6.08 Å². The molecule has 0 spiro atoms. The summed E-state index contributed by atoms with van der Waals surface area (Å²) in [4.78, 5) is 22.5. The number of fused-ring (bicyclic) bond motifs is 1. The number of allylic oxidation sites excluding steroid dienone is 2. The highest BCUT2D eigenvalue weighted by Gasteiger charge is 2.25. The summed E-state index contributed by atoms with van der Waals surface area (Å²) in [7, 11) is 0. The molecule has 0 fully saturated rings. The molecule has 0 amide bonds. The fraction of sp³-hybridized carbons (Fsp3) is 0.308. The third-order valence-electron chi connectivity index (χ3n) is 2.65. The lowest BCUT2D eigenvalue weighted by molar-refractivity contribution is 0.0488. The first-order valence-electron chi connectivity index (χ1n) is 5.40. The summed E-state index contributed by atoms with van der Waals surface area (Å²) in [5.41, 5.74) is 1.83. The smallest absolute Gasteiger partial charge is 0.374 e. The van der Waals surface area contributed by atoms with E-state index in [4.69, 9.17) is 9.15 Å². The summed E-state index contributed by atoms with van der Waals surface area (Å²) in [5.74, 6) is 2.07. The first-order chi connectivity index (χ1) is 8.19. The van der Waals surface area contributed by atoms with Crippen LogP contribution in [0.5, 0.6) is 0 Å².